The Balaban J connectivity index is 1.25. The summed E-state index contributed by atoms with van der Waals surface area (Å²) in [5.41, 5.74) is 18.6. The highest BCUT2D eigenvalue weighted by molar-refractivity contribution is 6.10. The van der Waals surface area contributed by atoms with E-state index >= 15 is 0 Å². The largest absolute Gasteiger partial charge is 0.293 e. The molecular weight excluding hydrogens is 556 g/mol. The predicted molar refractivity (Wildman–Crippen MR) is 196 cm³/mol. The van der Waals surface area contributed by atoms with E-state index in [1.165, 1.54) is 49.7 Å². The van der Waals surface area contributed by atoms with Crippen molar-refractivity contribution >= 4 is 33.1 Å². The molecule has 0 amide bonds. The van der Waals surface area contributed by atoms with Crippen molar-refractivity contribution in [2.75, 3.05) is 5.43 Å². The first-order chi connectivity index (χ1) is 22.5. The summed E-state index contributed by atoms with van der Waals surface area (Å²) in [7, 11) is 0. The Morgan fingerprint density at radius 1 is 0.565 bits per heavy atom. The van der Waals surface area contributed by atoms with Crippen molar-refractivity contribution in [1.82, 2.24) is 4.68 Å². The van der Waals surface area contributed by atoms with Crippen LogP contribution in [0.4, 0.5) is 0 Å². The molecule has 0 bridgehead atoms. The predicted octanol–water partition coefficient (Wildman–Crippen LogP) is 11.5. The van der Waals surface area contributed by atoms with Crippen LogP contribution in [0.3, 0.4) is 0 Å². The normalized spacial score (nSPS) is 14.0. The second kappa shape index (κ2) is 11.1. The SMILES string of the molecule is C/C=C(\C=C(/Nn1c2ccccc2c2cc(-c3ccc4c(c3)C(C)(C)c3ccccc3-4)ccc21)c1ccccc1)c1ccccc1. The number of hydrogen-bond acceptors (Lipinski definition) is 1. The minimum absolute atomic E-state index is 0.0301. The van der Waals surface area contributed by atoms with Gasteiger partial charge >= 0.3 is 0 Å². The van der Waals surface area contributed by atoms with Crippen molar-refractivity contribution in [3.63, 3.8) is 0 Å². The molecule has 2 nitrogen and oxygen atoms in total. The van der Waals surface area contributed by atoms with E-state index in [4.69, 9.17) is 0 Å². The van der Waals surface area contributed by atoms with E-state index < -0.39 is 0 Å². The summed E-state index contributed by atoms with van der Waals surface area (Å²) in [6.45, 7) is 6.79. The van der Waals surface area contributed by atoms with E-state index in [1.807, 2.05) is 0 Å². The summed E-state index contributed by atoms with van der Waals surface area (Å²) in [6, 6.07) is 52.6. The van der Waals surface area contributed by atoms with E-state index in [-0.39, 0.29) is 5.41 Å². The van der Waals surface area contributed by atoms with Gasteiger partial charge in [-0.3, -0.25) is 10.1 Å². The molecule has 0 spiro atoms. The fourth-order valence-electron chi connectivity index (χ4n) is 7.19. The number of hydrogen-bond donors (Lipinski definition) is 1. The molecular formula is C44H36N2. The molecule has 0 fully saturated rings. The topological polar surface area (TPSA) is 17.0 Å². The summed E-state index contributed by atoms with van der Waals surface area (Å²) in [5, 5.41) is 2.45. The fraction of sp³-hybridized carbons (Fsp3) is 0.0909. The molecule has 0 aliphatic heterocycles. The lowest BCUT2D eigenvalue weighted by Gasteiger charge is -2.22. The number of fused-ring (bicyclic) bond motifs is 6. The van der Waals surface area contributed by atoms with E-state index in [1.54, 1.807) is 0 Å². The number of rotatable bonds is 6. The first kappa shape index (κ1) is 27.9. The third kappa shape index (κ3) is 4.57. The molecule has 1 aliphatic rings. The summed E-state index contributed by atoms with van der Waals surface area (Å²) in [6.07, 6.45) is 4.43. The highest BCUT2D eigenvalue weighted by Gasteiger charge is 2.35. The molecule has 0 radical (unpaired) electrons. The minimum atomic E-state index is -0.0301. The van der Waals surface area contributed by atoms with Gasteiger partial charge in [0.1, 0.15) is 0 Å². The molecule has 1 heterocycles. The zero-order valence-electron chi connectivity index (χ0n) is 26.5. The van der Waals surface area contributed by atoms with Crippen molar-refractivity contribution < 1.29 is 0 Å². The summed E-state index contributed by atoms with van der Waals surface area (Å²) in [4.78, 5) is 0. The molecule has 222 valence electrons. The van der Waals surface area contributed by atoms with Gasteiger partial charge in [0.25, 0.3) is 0 Å². The number of allylic oxidation sites excluding steroid dienone is 3. The van der Waals surface area contributed by atoms with Crippen LogP contribution >= 0.6 is 0 Å². The quantitative estimate of drug-likeness (QED) is 0.190. The standard InChI is InChI=1S/C44H36N2/c1-4-30(31-15-7-5-8-16-31)29-41(32-17-9-6-10-18-32)45-46-42-22-14-12-20-37(42)38-27-33(24-26-43(38)46)34-23-25-36-35-19-11-13-21-39(35)44(2,3)40(36)28-34/h4-29,45H,1-3H3/b30-4+,41-29-. The second-order valence-corrected chi connectivity index (χ2v) is 12.7. The molecule has 6 aromatic carbocycles. The molecule has 0 saturated heterocycles. The molecule has 0 atom stereocenters. The van der Waals surface area contributed by atoms with E-state index in [0.717, 1.165) is 27.9 Å². The average Bonchev–Trinajstić information content (AvgIpc) is 3.54. The Morgan fingerprint density at radius 3 is 1.96 bits per heavy atom. The van der Waals surface area contributed by atoms with Crippen molar-refractivity contribution in [2.45, 2.75) is 26.2 Å². The van der Waals surface area contributed by atoms with Crippen LogP contribution in [0.25, 0.3) is 55.3 Å². The Morgan fingerprint density at radius 2 is 1.17 bits per heavy atom. The van der Waals surface area contributed by atoms with Crippen LogP contribution in [0.1, 0.15) is 43.0 Å². The smallest absolute Gasteiger partial charge is 0.0710 e. The molecule has 7 aromatic rings. The van der Waals surface area contributed by atoms with Crippen molar-refractivity contribution in [1.29, 1.82) is 0 Å². The second-order valence-electron chi connectivity index (χ2n) is 12.7. The Hall–Kier alpha value is -5.60. The van der Waals surface area contributed by atoms with E-state index in [9.17, 15) is 0 Å². The zero-order valence-corrected chi connectivity index (χ0v) is 26.5. The van der Waals surface area contributed by atoms with Gasteiger partial charge in [0, 0.05) is 16.2 Å². The first-order valence-electron chi connectivity index (χ1n) is 16.1. The van der Waals surface area contributed by atoms with Crippen LogP contribution in [0.15, 0.2) is 158 Å². The van der Waals surface area contributed by atoms with Crippen LogP contribution in [0.5, 0.6) is 0 Å². The molecule has 0 unspecified atom stereocenters. The van der Waals surface area contributed by atoms with E-state index in [2.05, 4.69) is 189 Å². The molecule has 8 rings (SSSR count). The van der Waals surface area contributed by atoms with Crippen molar-refractivity contribution in [2.24, 2.45) is 0 Å². The Kier molecular flexibility index (Phi) is 6.73. The lowest BCUT2D eigenvalue weighted by atomic mass is 9.81. The molecule has 1 aliphatic carbocycles. The minimum Gasteiger partial charge on any atom is -0.293 e. The van der Waals surface area contributed by atoms with Gasteiger partial charge in [-0.05, 0) is 87.3 Å². The van der Waals surface area contributed by atoms with Crippen molar-refractivity contribution in [3.05, 3.63) is 180 Å². The first-order valence-corrected chi connectivity index (χ1v) is 16.1. The number of benzene rings is 6. The van der Waals surface area contributed by atoms with Crippen LogP contribution in [-0.2, 0) is 5.41 Å². The number of nitrogens with zero attached hydrogens (tertiary/aromatic N) is 1. The third-order valence-electron chi connectivity index (χ3n) is 9.62. The number of nitrogens with one attached hydrogen (secondary N) is 1. The van der Waals surface area contributed by atoms with Gasteiger partial charge in [-0.25, -0.2) is 0 Å². The van der Waals surface area contributed by atoms with Gasteiger partial charge in [-0.1, -0.05) is 141 Å². The summed E-state index contributed by atoms with van der Waals surface area (Å²) in [5.74, 6) is 0. The van der Waals surface area contributed by atoms with Gasteiger partial charge in [0.2, 0.25) is 0 Å². The van der Waals surface area contributed by atoms with Crippen LogP contribution in [0.2, 0.25) is 0 Å². The van der Waals surface area contributed by atoms with Gasteiger partial charge in [0.05, 0.1) is 16.7 Å². The molecule has 2 heteroatoms. The monoisotopic (exact) mass is 592 g/mol. The molecule has 0 saturated carbocycles. The maximum Gasteiger partial charge on any atom is 0.0710 e. The highest BCUT2D eigenvalue weighted by atomic mass is 15.4. The van der Waals surface area contributed by atoms with Gasteiger partial charge in [0.15, 0.2) is 0 Å². The summed E-state index contributed by atoms with van der Waals surface area (Å²) >= 11 is 0. The fourth-order valence-corrected chi connectivity index (χ4v) is 7.19. The van der Waals surface area contributed by atoms with Crippen LogP contribution in [0, 0.1) is 0 Å². The summed E-state index contributed by atoms with van der Waals surface area (Å²) < 4.78 is 2.24. The zero-order chi connectivity index (χ0) is 31.3. The highest BCUT2D eigenvalue weighted by Crippen LogP contribution is 2.49. The van der Waals surface area contributed by atoms with E-state index in [0.29, 0.717) is 0 Å². The number of para-hydroxylation sites is 1. The lowest BCUT2D eigenvalue weighted by molar-refractivity contribution is 0.660. The number of aromatic nitrogens is 1. The molecule has 46 heavy (non-hydrogen) atoms. The van der Waals surface area contributed by atoms with Gasteiger partial charge in [-0.15, -0.1) is 0 Å². The van der Waals surface area contributed by atoms with Gasteiger partial charge < -0.3 is 0 Å². The van der Waals surface area contributed by atoms with Crippen LogP contribution < -0.4 is 5.43 Å². The Labute approximate surface area is 270 Å². The maximum absolute atomic E-state index is 3.85. The third-order valence-corrected chi connectivity index (χ3v) is 9.62. The maximum atomic E-state index is 3.85. The lowest BCUT2D eigenvalue weighted by Crippen LogP contribution is -2.14. The Bertz CT molecular complexity index is 2300. The average molecular weight is 593 g/mol. The van der Waals surface area contributed by atoms with Crippen LogP contribution in [-0.4, -0.2) is 4.68 Å². The molecule has 1 N–H and O–H groups in total. The van der Waals surface area contributed by atoms with Crippen molar-refractivity contribution in [3.8, 4) is 22.3 Å². The van der Waals surface area contributed by atoms with Gasteiger partial charge in [-0.2, -0.15) is 0 Å². The molecule has 1 aromatic heterocycles.